The lowest BCUT2D eigenvalue weighted by Crippen LogP contribution is -2.53. The molecule has 1 aliphatic carbocycles. The van der Waals surface area contributed by atoms with E-state index in [1.807, 2.05) is 20.8 Å². The molecule has 1 rings (SSSR count). The molecule has 0 saturated heterocycles. The summed E-state index contributed by atoms with van der Waals surface area (Å²) < 4.78 is 0. The molecule has 4 nitrogen and oxygen atoms in total. The fourth-order valence-corrected chi connectivity index (χ4v) is 3.38. The van der Waals surface area contributed by atoms with E-state index in [0.29, 0.717) is 6.42 Å². The van der Waals surface area contributed by atoms with Crippen molar-refractivity contribution in [1.82, 2.24) is 5.32 Å². The van der Waals surface area contributed by atoms with E-state index in [2.05, 4.69) is 26.1 Å². The zero-order chi connectivity index (χ0) is 16.5. The Labute approximate surface area is 129 Å². The van der Waals surface area contributed by atoms with Gasteiger partial charge >= 0.3 is 0 Å². The van der Waals surface area contributed by atoms with Crippen molar-refractivity contribution in [3.63, 3.8) is 0 Å². The van der Waals surface area contributed by atoms with Gasteiger partial charge in [0, 0.05) is 5.54 Å². The number of hydrogen-bond acceptors (Lipinski definition) is 2. The van der Waals surface area contributed by atoms with Crippen molar-refractivity contribution < 1.29 is 9.59 Å². The van der Waals surface area contributed by atoms with Gasteiger partial charge < -0.3 is 11.1 Å². The SMILES string of the molecule is CC(C)(C)CC(C(=O)NC(C)(C)C)C1(C(N)=O)CCCC1. The highest BCUT2D eigenvalue weighted by Gasteiger charge is 2.50. The Kier molecular flexibility index (Phi) is 5.12. The summed E-state index contributed by atoms with van der Waals surface area (Å²) in [6, 6.07) is 0. The molecule has 0 spiro atoms. The number of nitrogens with two attached hydrogens (primary N) is 1. The maximum Gasteiger partial charge on any atom is 0.224 e. The van der Waals surface area contributed by atoms with Crippen LogP contribution in [0.5, 0.6) is 0 Å². The number of carbonyl (C=O) groups excluding carboxylic acids is 2. The molecule has 1 fully saturated rings. The lowest BCUT2D eigenvalue weighted by Gasteiger charge is -2.39. The molecule has 1 saturated carbocycles. The average Bonchev–Trinajstić information content (AvgIpc) is 2.72. The summed E-state index contributed by atoms with van der Waals surface area (Å²) in [6.45, 7) is 12.2. The fourth-order valence-electron chi connectivity index (χ4n) is 3.38. The van der Waals surface area contributed by atoms with Crippen LogP contribution < -0.4 is 11.1 Å². The summed E-state index contributed by atoms with van der Waals surface area (Å²) in [7, 11) is 0. The average molecular weight is 296 g/mol. The molecule has 0 radical (unpaired) electrons. The minimum absolute atomic E-state index is 0.0229. The highest BCUT2D eigenvalue weighted by molar-refractivity contribution is 5.90. The van der Waals surface area contributed by atoms with Gasteiger partial charge in [-0.15, -0.1) is 0 Å². The van der Waals surface area contributed by atoms with Crippen LogP contribution in [0.2, 0.25) is 0 Å². The monoisotopic (exact) mass is 296 g/mol. The Morgan fingerprint density at radius 3 is 1.90 bits per heavy atom. The second-order valence-electron chi connectivity index (χ2n) is 8.78. The lowest BCUT2D eigenvalue weighted by molar-refractivity contribution is -0.142. The van der Waals surface area contributed by atoms with Crippen molar-refractivity contribution >= 4 is 11.8 Å². The molecular formula is C17H32N2O2. The lowest BCUT2D eigenvalue weighted by atomic mass is 9.66. The summed E-state index contributed by atoms with van der Waals surface area (Å²) >= 11 is 0. The molecule has 4 heteroatoms. The number of nitrogens with one attached hydrogen (secondary N) is 1. The van der Waals surface area contributed by atoms with Crippen molar-refractivity contribution in [2.75, 3.05) is 0 Å². The zero-order valence-electron chi connectivity index (χ0n) is 14.5. The van der Waals surface area contributed by atoms with Crippen LogP contribution in [0.15, 0.2) is 0 Å². The number of amides is 2. The molecule has 0 aromatic rings. The molecule has 0 aromatic heterocycles. The van der Waals surface area contributed by atoms with Gasteiger partial charge in [0.1, 0.15) is 0 Å². The zero-order valence-corrected chi connectivity index (χ0v) is 14.5. The van der Waals surface area contributed by atoms with E-state index < -0.39 is 5.41 Å². The highest BCUT2D eigenvalue weighted by atomic mass is 16.2. The Morgan fingerprint density at radius 1 is 1.10 bits per heavy atom. The molecule has 0 aromatic carbocycles. The molecule has 2 amide bonds. The van der Waals surface area contributed by atoms with E-state index in [-0.39, 0.29) is 28.7 Å². The van der Waals surface area contributed by atoms with Crippen LogP contribution in [-0.4, -0.2) is 17.4 Å². The van der Waals surface area contributed by atoms with E-state index >= 15 is 0 Å². The third-order valence-corrected chi connectivity index (χ3v) is 4.28. The van der Waals surface area contributed by atoms with Crippen molar-refractivity contribution in [3.8, 4) is 0 Å². The van der Waals surface area contributed by atoms with Gasteiger partial charge in [-0.25, -0.2) is 0 Å². The topological polar surface area (TPSA) is 72.2 Å². The van der Waals surface area contributed by atoms with E-state index in [0.717, 1.165) is 25.7 Å². The van der Waals surface area contributed by atoms with Crippen LogP contribution in [0, 0.1) is 16.7 Å². The summed E-state index contributed by atoms with van der Waals surface area (Å²) in [6.07, 6.45) is 4.11. The van der Waals surface area contributed by atoms with Crippen molar-refractivity contribution in [3.05, 3.63) is 0 Å². The normalized spacial score (nSPS) is 20.1. The van der Waals surface area contributed by atoms with E-state index in [1.54, 1.807) is 0 Å². The molecule has 1 unspecified atom stereocenters. The molecule has 21 heavy (non-hydrogen) atoms. The Morgan fingerprint density at radius 2 is 1.57 bits per heavy atom. The molecular weight excluding hydrogens is 264 g/mol. The second kappa shape index (κ2) is 5.98. The van der Waals surface area contributed by atoms with Gasteiger partial charge in [-0.3, -0.25) is 9.59 Å². The summed E-state index contributed by atoms with van der Waals surface area (Å²) in [5, 5.41) is 3.05. The third kappa shape index (κ3) is 4.72. The van der Waals surface area contributed by atoms with Crippen LogP contribution >= 0.6 is 0 Å². The maximum atomic E-state index is 12.8. The van der Waals surface area contributed by atoms with Crippen molar-refractivity contribution in [1.29, 1.82) is 0 Å². The van der Waals surface area contributed by atoms with Crippen LogP contribution in [0.25, 0.3) is 0 Å². The summed E-state index contributed by atoms with van der Waals surface area (Å²) in [5.74, 6) is -0.673. The first-order valence-corrected chi connectivity index (χ1v) is 7.99. The van der Waals surface area contributed by atoms with Crippen LogP contribution in [-0.2, 0) is 9.59 Å². The number of hydrogen-bond donors (Lipinski definition) is 2. The molecule has 0 bridgehead atoms. The Bertz CT molecular complexity index is 396. The standard InChI is InChI=1S/C17H32N2O2/c1-15(2,3)11-12(13(20)19-16(4,5)6)17(14(18)21)9-7-8-10-17/h12H,7-11H2,1-6H3,(H2,18,21)(H,19,20). The molecule has 1 atom stereocenters. The quantitative estimate of drug-likeness (QED) is 0.837. The fraction of sp³-hybridized carbons (Fsp3) is 0.882. The molecule has 0 heterocycles. The highest BCUT2D eigenvalue weighted by Crippen LogP contribution is 2.48. The van der Waals surface area contributed by atoms with E-state index in [1.165, 1.54) is 0 Å². The number of carbonyl (C=O) groups is 2. The first-order chi connectivity index (χ1) is 9.37. The predicted octanol–water partition coefficient (Wildman–Crippen LogP) is 3.00. The smallest absolute Gasteiger partial charge is 0.224 e. The Balaban J connectivity index is 3.12. The maximum absolute atomic E-state index is 12.8. The minimum Gasteiger partial charge on any atom is -0.369 e. The van der Waals surface area contributed by atoms with Crippen LogP contribution in [0.1, 0.15) is 73.6 Å². The molecule has 122 valence electrons. The van der Waals surface area contributed by atoms with Crippen molar-refractivity contribution in [2.45, 2.75) is 79.2 Å². The van der Waals surface area contributed by atoms with Crippen LogP contribution in [0.4, 0.5) is 0 Å². The van der Waals surface area contributed by atoms with Gasteiger partial charge in [-0.2, -0.15) is 0 Å². The van der Waals surface area contributed by atoms with Crippen molar-refractivity contribution in [2.24, 2.45) is 22.5 Å². The molecule has 1 aliphatic rings. The summed E-state index contributed by atoms with van der Waals surface area (Å²) in [5.41, 5.74) is 4.75. The number of rotatable bonds is 4. The predicted molar refractivity (Wildman–Crippen MR) is 85.6 cm³/mol. The second-order valence-corrected chi connectivity index (χ2v) is 8.78. The van der Waals surface area contributed by atoms with E-state index in [4.69, 9.17) is 5.73 Å². The van der Waals surface area contributed by atoms with Gasteiger partial charge in [0.25, 0.3) is 0 Å². The van der Waals surface area contributed by atoms with Gasteiger partial charge in [-0.1, -0.05) is 33.6 Å². The van der Waals surface area contributed by atoms with Gasteiger partial charge in [0.15, 0.2) is 0 Å². The first-order valence-electron chi connectivity index (χ1n) is 7.99. The molecule has 3 N–H and O–H groups in total. The Hall–Kier alpha value is -1.06. The third-order valence-electron chi connectivity index (χ3n) is 4.28. The van der Waals surface area contributed by atoms with Gasteiger partial charge in [0.05, 0.1) is 11.3 Å². The molecule has 0 aliphatic heterocycles. The largest absolute Gasteiger partial charge is 0.369 e. The van der Waals surface area contributed by atoms with Crippen LogP contribution in [0.3, 0.4) is 0 Å². The minimum atomic E-state index is -0.664. The summed E-state index contributed by atoms with van der Waals surface area (Å²) in [4.78, 5) is 25.0. The first kappa shape index (κ1) is 18.0. The number of primary amides is 1. The van der Waals surface area contributed by atoms with Gasteiger partial charge in [0.2, 0.25) is 11.8 Å². The van der Waals surface area contributed by atoms with Gasteiger partial charge in [-0.05, 0) is 45.4 Å². The van der Waals surface area contributed by atoms with E-state index in [9.17, 15) is 9.59 Å².